The van der Waals surface area contributed by atoms with Gasteiger partial charge in [-0.3, -0.25) is 0 Å². The number of nitrogens with one attached hydrogen (secondary N) is 1. The number of rotatable bonds is 4. The maximum atomic E-state index is 13.2. The summed E-state index contributed by atoms with van der Waals surface area (Å²) in [5, 5.41) is 15.0. The van der Waals surface area contributed by atoms with Crippen molar-refractivity contribution in [3.05, 3.63) is 65.5 Å². The van der Waals surface area contributed by atoms with Gasteiger partial charge in [0.2, 0.25) is 5.95 Å². The Bertz CT molecular complexity index is 968. The van der Waals surface area contributed by atoms with Crippen LogP contribution in [-0.4, -0.2) is 34.4 Å². The summed E-state index contributed by atoms with van der Waals surface area (Å²) in [6.45, 7) is 0. The fourth-order valence-corrected chi connectivity index (χ4v) is 2.93. The molecule has 4 rings (SSSR count). The summed E-state index contributed by atoms with van der Waals surface area (Å²) in [6.07, 6.45) is 1.98. The second kappa shape index (κ2) is 6.47. The lowest BCUT2D eigenvalue weighted by molar-refractivity contribution is 0.354. The molecular formula is C18H16FN5O2. The lowest BCUT2D eigenvalue weighted by atomic mass is 10.0. The summed E-state index contributed by atoms with van der Waals surface area (Å²) in [4.78, 5) is 0. The molecule has 3 aromatic rings. The lowest BCUT2D eigenvalue weighted by Gasteiger charge is -2.24. The van der Waals surface area contributed by atoms with Gasteiger partial charge in [-0.2, -0.15) is 4.68 Å². The number of benzene rings is 2. The second-order valence-corrected chi connectivity index (χ2v) is 5.72. The van der Waals surface area contributed by atoms with Gasteiger partial charge in [-0.15, -0.1) is 0 Å². The number of methoxy groups -OCH3 is 2. The van der Waals surface area contributed by atoms with E-state index in [1.54, 1.807) is 31.0 Å². The first-order valence-electron chi connectivity index (χ1n) is 7.94. The lowest BCUT2D eigenvalue weighted by Crippen LogP contribution is -2.20. The zero-order valence-corrected chi connectivity index (χ0v) is 14.2. The highest BCUT2D eigenvalue weighted by molar-refractivity contribution is 5.77. The number of tetrazole rings is 1. The molecule has 0 aliphatic carbocycles. The van der Waals surface area contributed by atoms with E-state index in [1.165, 1.54) is 12.1 Å². The molecule has 1 atom stereocenters. The monoisotopic (exact) mass is 353 g/mol. The molecule has 1 N–H and O–H groups in total. The Kier molecular flexibility index (Phi) is 4.00. The van der Waals surface area contributed by atoms with Crippen LogP contribution in [0.25, 0.3) is 5.70 Å². The Labute approximate surface area is 149 Å². The molecule has 0 amide bonds. The van der Waals surface area contributed by atoms with Crippen LogP contribution in [0.4, 0.5) is 10.3 Å². The Balaban J connectivity index is 1.80. The Hall–Kier alpha value is -3.42. The summed E-state index contributed by atoms with van der Waals surface area (Å²) >= 11 is 0. The molecule has 0 saturated heterocycles. The van der Waals surface area contributed by atoms with Crippen LogP contribution in [0.15, 0.2) is 48.5 Å². The molecule has 2 aromatic carbocycles. The van der Waals surface area contributed by atoms with Gasteiger partial charge in [0, 0.05) is 5.70 Å². The van der Waals surface area contributed by atoms with Crippen LogP contribution < -0.4 is 14.8 Å². The van der Waals surface area contributed by atoms with Crippen molar-refractivity contribution in [2.75, 3.05) is 19.5 Å². The molecule has 0 fully saturated rings. The average molecular weight is 353 g/mol. The zero-order valence-electron chi connectivity index (χ0n) is 14.2. The largest absolute Gasteiger partial charge is 0.493 e. The third kappa shape index (κ3) is 2.75. The number of nitrogens with zero attached hydrogens (tertiary/aromatic N) is 4. The van der Waals surface area contributed by atoms with E-state index in [4.69, 9.17) is 9.47 Å². The number of ether oxygens (including phenoxy) is 2. The molecule has 0 radical (unpaired) electrons. The molecular weight excluding hydrogens is 337 g/mol. The molecule has 0 unspecified atom stereocenters. The third-order valence-corrected chi connectivity index (χ3v) is 4.23. The van der Waals surface area contributed by atoms with Gasteiger partial charge in [0.25, 0.3) is 0 Å². The minimum absolute atomic E-state index is 0.249. The van der Waals surface area contributed by atoms with E-state index >= 15 is 0 Å². The molecule has 7 nitrogen and oxygen atoms in total. The number of aromatic nitrogens is 4. The van der Waals surface area contributed by atoms with Gasteiger partial charge in [-0.05, 0) is 64.0 Å². The van der Waals surface area contributed by atoms with E-state index in [9.17, 15) is 4.39 Å². The number of allylic oxidation sites excluding steroid dienone is 1. The van der Waals surface area contributed by atoms with Crippen molar-refractivity contribution in [1.29, 1.82) is 0 Å². The van der Waals surface area contributed by atoms with Crippen molar-refractivity contribution in [3.8, 4) is 11.5 Å². The molecule has 1 aromatic heterocycles. The van der Waals surface area contributed by atoms with E-state index in [0.717, 1.165) is 16.8 Å². The van der Waals surface area contributed by atoms with Crippen molar-refractivity contribution in [2.45, 2.75) is 6.04 Å². The number of hydrogen-bond donors (Lipinski definition) is 1. The van der Waals surface area contributed by atoms with Gasteiger partial charge < -0.3 is 14.8 Å². The Morgan fingerprint density at radius 2 is 1.81 bits per heavy atom. The SMILES string of the molecule is COc1ccc([C@@H]2C=C(c3ccc(F)cc3)Nc3nnnn32)cc1OC. The molecule has 0 saturated carbocycles. The van der Waals surface area contributed by atoms with Crippen molar-refractivity contribution in [2.24, 2.45) is 0 Å². The van der Waals surface area contributed by atoms with E-state index < -0.39 is 0 Å². The summed E-state index contributed by atoms with van der Waals surface area (Å²) in [6, 6.07) is 11.7. The molecule has 2 heterocycles. The number of halogens is 1. The van der Waals surface area contributed by atoms with Gasteiger partial charge in [-0.1, -0.05) is 11.2 Å². The van der Waals surface area contributed by atoms with Crippen LogP contribution in [0.1, 0.15) is 17.2 Å². The summed E-state index contributed by atoms with van der Waals surface area (Å²) in [5.74, 6) is 1.48. The highest BCUT2D eigenvalue weighted by Gasteiger charge is 2.25. The van der Waals surface area contributed by atoms with E-state index in [2.05, 4.69) is 20.8 Å². The summed E-state index contributed by atoms with van der Waals surface area (Å²) in [7, 11) is 3.18. The quantitative estimate of drug-likeness (QED) is 0.777. The van der Waals surface area contributed by atoms with Crippen LogP contribution in [0.2, 0.25) is 0 Å². The minimum Gasteiger partial charge on any atom is -0.493 e. The van der Waals surface area contributed by atoms with Crippen molar-refractivity contribution >= 4 is 11.6 Å². The van der Waals surface area contributed by atoms with Gasteiger partial charge in [0.05, 0.1) is 14.2 Å². The first-order chi connectivity index (χ1) is 12.7. The van der Waals surface area contributed by atoms with Crippen molar-refractivity contribution < 1.29 is 13.9 Å². The number of anilines is 1. The predicted octanol–water partition coefficient (Wildman–Crippen LogP) is 2.89. The Morgan fingerprint density at radius 3 is 2.54 bits per heavy atom. The van der Waals surface area contributed by atoms with E-state index in [1.807, 2.05) is 24.3 Å². The first kappa shape index (κ1) is 16.1. The average Bonchev–Trinajstić information content (AvgIpc) is 3.16. The molecule has 26 heavy (non-hydrogen) atoms. The van der Waals surface area contributed by atoms with Crippen molar-refractivity contribution in [3.63, 3.8) is 0 Å². The highest BCUT2D eigenvalue weighted by Crippen LogP contribution is 2.35. The van der Waals surface area contributed by atoms with E-state index in [-0.39, 0.29) is 11.9 Å². The van der Waals surface area contributed by atoms with Crippen molar-refractivity contribution in [1.82, 2.24) is 20.2 Å². The van der Waals surface area contributed by atoms with Gasteiger partial charge in [0.15, 0.2) is 11.5 Å². The summed E-state index contributed by atoms with van der Waals surface area (Å²) in [5.41, 5.74) is 2.57. The first-order valence-corrected chi connectivity index (χ1v) is 7.94. The maximum Gasteiger partial charge on any atom is 0.248 e. The standard InChI is InChI=1S/C18H16FN5O2/c1-25-16-8-5-12(9-17(16)26-2)15-10-14(11-3-6-13(19)7-4-11)20-18-21-22-23-24(15)18/h3-10,15H,1-2H3,(H,20,21,23)/t15-/m0/s1. The van der Waals surface area contributed by atoms with Gasteiger partial charge in [0.1, 0.15) is 11.9 Å². The fraction of sp³-hybridized carbons (Fsp3) is 0.167. The molecule has 1 aliphatic rings. The Morgan fingerprint density at radius 1 is 1.04 bits per heavy atom. The van der Waals surface area contributed by atoms with Crippen LogP contribution in [0.5, 0.6) is 11.5 Å². The van der Waals surface area contributed by atoms with Crippen LogP contribution in [-0.2, 0) is 0 Å². The highest BCUT2D eigenvalue weighted by atomic mass is 19.1. The third-order valence-electron chi connectivity index (χ3n) is 4.23. The molecule has 8 heteroatoms. The second-order valence-electron chi connectivity index (χ2n) is 5.72. The smallest absolute Gasteiger partial charge is 0.248 e. The van der Waals surface area contributed by atoms with E-state index in [0.29, 0.717) is 17.4 Å². The summed E-state index contributed by atoms with van der Waals surface area (Å²) < 4.78 is 25.6. The zero-order chi connectivity index (χ0) is 18.1. The molecule has 0 bridgehead atoms. The predicted molar refractivity (Wildman–Crippen MR) is 93.5 cm³/mol. The van der Waals surface area contributed by atoms with Crippen LogP contribution in [0, 0.1) is 5.82 Å². The maximum absolute atomic E-state index is 13.2. The van der Waals surface area contributed by atoms with Crippen LogP contribution >= 0.6 is 0 Å². The topological polar surface area (TPSA) is 74.1 Å². The van der Waals surface area contributed by atoms with Crippen LogP contribution in [0.3, 0.4) is 0 Å². The number of hydrogen-bond acceptors (Lipinski definition) is 6. The molecule has 1 aliphatic heterocycles. The minimum atomic E-state index is -0.286. The van der Waals surface area contributed by atoms with Gasteiger partial charge in [-0.25, -0.2) is 4.39 Å². The molecule has 0 spiro atoms. The fourth-order valence-electron chi connectivity index (χ4n) is 2.93. The number of fused-ring (bicyclic) bond motifs is 1. The van der Waals surface area contributed by atoms with Gasteiger partial charge >= 0.3 is 0 Å². The molecule has 132 valence electrons. The normalized spacial score (nSPS) is 15.7.